The molecule has 6 nitrogen and oxygen atoms in total. The second-order valence-corrected chi connectivity index (χ2v) is 12.5. The van der Waals surface area contributed by atoms with E-state index in [-0.39, 0.29) is 17.9 Å². The van der Waals surface area contributed by atoms with Crippen LogP contribution in [0.15, 0.2) is 48.5 Å². The number of carbonyl (C=O) groups excluding carboxylic acids is 2. The number of nitrogens with one attached hydrogen (secondary N) is 1. The molecule has 0 bridgehead atoms. The van der Waals surface area contributed by atoms with Crippen LogP contribution >= 0.6 is 11.6 Å². The molecule has 2 aliphatic rings. The predicted octanol–water partition coefficient (Wildman–Crippen LogP) is 5.16. The highest BCUT2D eigenvalue weighted by Gasteiger charge is 2.34. The lowest BCUT2D eigenvalue weighted by Crippen LogP contribution is -2.57. The Balaban J connectivity index is 1.44. The van der Waals surface area contributed by atoms with Gasteiger partial charge in [0.1, 0.15) is 6.04 Å². The molecule has 2 unspecified atom stereocenters. The Morgan fingerprint density at radius 2 is 1.64 bits per heavy atom. The predicted molar refractivity (Wildman–Crippen MR) is 159 cm³/mol. The standard InChI is InChI=1S/C32H45ClN4O2/c1-22(2)18-29(23(3)4)36-14-16-37(17-15-36)32(39)28(19-24-10-12-26(33)13-11-24)34-31(38)20-30-27-9-7-6-8-25(27)21-35(30)5/h6-13,22-23,28-30H,14-21H2,1-5H3,(H,34,38)/t28-,29?,30?/m1/s1. The van der Waals surface area contributed by atoms with Crippen LogP contribution < -0.4 is 5.32 Å². The summed E-state index contributed by atoms with van der Waals surface area (Å²) in [6.45, 7) is 13.1. The molecular weight excluding hydrogens is 508 g/mol. The minimum Gasteiger partial charge on any atom is -0.344 e. The summed E-state index contributed by atoms with van der Waals surface area (Å²) in [5.74, 6) is 1.13. The van der Waals surface area contributed by atoms with Crippen molar-refractivity contribution in [2.45, 2.75) is 71.6 Å². The average Bonchev–Trinajstić information content (AvgIpc) is 3.22. The van der Waals surface area contributed by atoms with Crippen LogP contribution in [-0.4, -0.2) is 71.8 Å². The summed E-state index contributed by atoms with van der Waals surface area (Å²) < 4.78 is 0. The van der Waals surface area contributed by atoms with Gasteiger partial charge in [0.25, 0.3) is 0 Å². The molecule has 0 spiro atoms. The number of hydrogen-bond donors (Lipinski definition) is 1. The van der Waals surface area contributed by atoms with Gasteiger partial charge < -0.3 is 10.2 Å². The zero-order chi connectivity index (χ0) is 28.1. The van der Waals surface area contributed by atoms with Crippen molar-refractivity contribution in [3.8, 4) is 0 Å². The van der Waals surface area contributed by atoms with E-state index in [1.165, 1.54) is 17.5 Å². The Hall–Kier alpha value is -2.41. The lowest BCUT2D eigenvalue weighted by atomic mass is 9.92. The second kappa shape index (κ2) is 13.3. The van der Waals surface area contributed by atoms with Crippen molar-refractivity contribution in [2.75, 3.05) is 33.2 Å². The molecule has 0 radical (unpaired) electrons. The van der Waals surface area contributed by atoms with Gasteiger partial charge in [-0.2, -0.15) is 0 Å². The average molecular weight is 553 g/mol. The van der Waals surface area contributed by atoms with Gasteiger partial charge in [-0.1, -0.05) is 75.7 Å². The van der Waals surface area contributed by atoms with E-state index >= 15 is 0 Å². The molecule has 212 valence electrons. The van der Waals surface area contributed by atoms with Crippen molar-refractivity contribution in [1.29, 1.82) is 0 Å². The molecule has 2 aliphatic heterocycles. The van der Waals surface area contributed by atoms with E-state index in [1.807, 2.05) is 41.3 Å². The summed E-state index contributed by atoms with van der Waals surface area (Å²) in [4.78, 5) is 33.9. The van der Waals surface area contributed by atoms with Crippen LogP contribution in [0.25, 0.3) is 0 Å². The highest BCUT2D eigenvalue weighted by atomic mass is 35.5. The number of benzene rings is 2. The van der Waals surface area contributed by atoms with Crippen LogP contribution in [0.2, 0.25) is 5.02 Å². The van der Waals surface area contributed by atoms with Crippen molar-refractivity contribution in [2.24, 2.45) is 11.8 Å². The molecule has 2 aromatic rings. The molecule has 1 saturated heterocycles. The molecule has 0 aromatic heterocycles. The van der Waals surface area contributed by atoms with Crippen LogP contribution in [-0.2, 0) is 22.6 Å². The van der Waals surface area contributed by atoms with E-state index in [4.69, 9.17) is 11.6 Å². The van der Waals surface area contributed by atoms with Gasteiger partial charge in [-0.05, 0) is 54.1 Å². The van der Waals surface area contributed by atoms with Gasteiger partial charge in [-0.15, -0.1) is 0 Å². The number of amides is 2. The first-order valence-electron chi connectivity index (χ1n) is 14.5. The number of rotatable bonds is 10. The van der Waals surface area contributed by atoms with Crippen molar-refractivity contribution >= 4 is 23.4 Å². The molecule has 1 N–H and O–H groups in total. The maximum atomic E-state index is 13.8. The van der Waals surface area contributed by atoms with Gasteiger partial charge >= 0.3 is 0 Å². The SMILES string of the molecule is CC(C)CC(C(C)C)N1CCN(C(=O)[C@@H](Cc2ccc(Cl)cc2)NC(=O)CC2c3ccccc3CN2C)CC1. The highest BCUT2D eigenvalue weighted by molar-refractivity contribution is 6.30. The zero-order valence-electron chi connectivity index (χ0n) is 24.2. The van der Waals surface area contributed by atoms with Gasteiger partial charge in [0.2, 0.25) is 11.8 Å². The lowest BCUT2D eigenvalue weighted by Gasteiger charge is -2.42. The first-order valence-corrected chi connectivity index (χ1v) is 14.8. The van der Waals surface area contributed by atoms with E-state index in [0.717, 1.165) is 25.2 Å². The fraction of sp³-hybridized carbons (Fsp3) is 0.562. The zero-order valence-corrected chi connectivity index (χ0v) is 25.0. The van der Waals surface area contributed by atoms with E-state index in [2.05, 4.69) is 62.0 Å². The number of hydrogen-bond acceptors (Lipinski definition) is 4. The van der Waals surface area contributed by atoms with Crippen molar-refractivity contribution in [1.82, 2.24) is 20.0 Å². The first kappa shape index (κ1) is 29.6. The third-order valence-corrected chi connectivity index (χ3v) is 8.56. The Morgan fingerprint density at radius 1 is 0.974 bits per heavy atom. The summed E-state index contributed by atoms with van der Waals surface area (Å²) in [6, 6.07) is 15.8. The number of halogens is 1. The Bertz CT molecular complexity index is 1110. The number of fused-ring (bicyclic) bond motifs is 1. The Morgan fingerprint density at radius 3 is 2.28 bits per heavy atom. The molecule has 39 heavy (non-hydrogen) atoms. The summed E-state index contributed by atoms with van der Waals surface area (Å²) in [5, 5.41) is 3.79. The van der Waals surface area contributed by atoms with Crippen molar-refractivity contribution in [3.63, 3.8) is 0 Å². The van der Waals surface area contributed by atoms with E-state index in [9.17, 15) is 9.59 Å². The number of nitrogens with zero attached hydrogens (tertiary/aromatic N) is 3. The molecule has 0 saturated carbocycles. The Labute approximate surface area is 239 Å². The van der Waals surface area contributed by atoms with Gasteiger partial charge in [0.15, 0.2) is 0 Å². The van der Waals surface area contributed by atoms with Gasteiger partial charge in [-0.25, -0.2) is 0 Å². The maximum Gasteiger partial charge on any atom is 0.245 e. The maximum absolute atomic E-state index is 13.8. The third kappa shape index (κ3) is 7.62. The summed E-state index contributed by atoms with van der Waals surface area (Å²) in [7, 11) is 2.05. The molecule has 2 aromatic carbocycles. The molecule has 7 heteroatoms. The monoisotopic (exact) mass is 552 g/mol. The topological polar surface area (TPSA) is 55.9 Å². The molecule has 2 heterocycles. The molecule has 2 amide bonds. The smallest absolute Gasteiger partial charge is 0.245 e. The largest absolute Gasteiger partial charge is 0.344 e. The normalized spacial score (nSPS) is 19.8. The fourth-order valence-electron chi connectivity index (χ4n) is 6.19. The number of piperazine rings is 1. The minimum absolute atomic E-state index is 0.00285. The Kier molecular flexibility index (Phi) is 10.1. The van der Waals surface area contributed by atoms with Gasteiger partial charge in [0, 0.05) is 62.7 Å². The van der Waals surface area contributed by atoms with Gasteiger partial charge in [0.05, 0.1) is 0 Å². The van der Waals surface area contributed by atoms with Crippen LogP contribution in [0.4, 0.5) is 0 Å². The first-order chi connectivity index (χ1) is 18.6. The summed E-state index contributed by atoms with van der Waals surface area (Å²) in [6.07, 6.45) is 1.94. The van der Waals surface area contributed by atoms with Crippen LogP contribution in [0, 0.1) is 11.8 Å². The van der Waals surface area contributed by atoms with Crippen LogP contribution in [0.5, 0.6) is 0 Å². The highest BCUT2D eigenvalue weighted by Crippen LogP contribution is 2.34. The summed E-state index contributed by atoms with van der Waals surface area (Å²) in [5.41, 5.74) is 3.45. The molecule has 1 fully saturated rings. The molecule has 4 rings (SSSR count). The van der Waals surface area contributed by atoms with Crippen LogP contribution in [0.3, 0.4) is 0 Å². The fourth-order valence-corrected chi connectivity index (χ4v) is 6.32. The summed E-state index contributed by atoms with van der Waals surface area (Å²) >= 11 is 6.11. The quantitative estimate of drug-likeness (QED) is 0.442. The molecule has 3 atom stereocenters. The van der Waals surface area contributed by atoms with E-state index < -0.39 is 6.04 Å². The number of carbonyl (C=O) groups is 2. The van der Waals surface area contributed by atoms with Crippen molar-refractivity contribution < 1.29 is 9.59 Å². The van der Waals surface area contributed by atoms with E-state index in [0.29, 0.717) is 48.8 Å². The molecule has 0 aliphatic carbocycles. The molecular formula is C32H45ClN4O2. The third-order valence-electron chi connectivity index (χ3n) is 8.31. The minimum atomic E-state index is -0.608. The van der Waals surface area contributed by atoms with Gasteiger partial charge in [-0.3, -0.25) is 19.4 Å². The van der Waals surface area contributed by atoms with E-state index in [1.54, 1.807) is 0 Å². The van der Waals surface area contributed by atoms with Crippen molar-refractivity contribution in [3.05, 3.63) is 70.2 Å². The van der Waals surface area contributed by atoms with Crippen LogP contribution in [0.1, 0.15) is 63.3 Å². The lowest BCUT2D eigenvalue weighted by molar-refractivity contribution is -0.138. The second-order valence-electron chi connectivity index (χ2n) is 12.1.